The molecule has 0 bridgehead atoms. The lowest BCUT2D eigenvalue weighted by molar-refractivity contribution is -0.154. The molecule has 0 aliphatic carbocycles. The molecule has 4 N–H and O–H groups in total. The number of rotatable bonds is 19. The van der Waals surface area contributed by atoms with E-state index in [9.17, 15) is 18.7 Å². The standard InChI is InChI=1S/C32H34N2O12P2.2ClH/c33-29(23-41-47(37,43-25-13-5-1-6-14-25)44-26-15-7-2-8-16-26)31(35)39-21-22-40-32(36)30(34)24-42-48(38,45-27-17-9-3-10-18-27)46-28-19-11-4-12-20-28;;/h1-20,29-30H,21-24,33-34H2;2*1H/p-2. The zero-order valence-electron chi connectivity index (χ0n) is 26.2. The lowest BCUT2D eigenvalue weighted by atomic mass is 10.3. The van der Waals surface area contributed by atoms with Crippen LogP contribution in [0, 0.1) is 0 Å². The summed E-state index contributed by atoms with van der Waals surface area (Å²) in [6, 6.07) is 29.9. The summed E-state index contributed by atoms with van der Waals surface area (Å²) in [6.07, 6.45) is 0. The summed E-state index contributed by atoms with van der Waals surface area (Å²) in [5.41, 5.74) is 11.7. The van der Waals surface area contributed by atoms with Crippen molar-refractivity contribution in [3.8, 4) is 23.0 Å². The van der Waals surface area contributed by atoms with Gasteiger partial charge in [0.05, 0.1) is 13.2 Å². The third kappa shape index (κ3) is 14.4. The predicted molar refractivity (Wildman–Crippen MR) is 173 cm³/mol. The van der Waals surface area contributed by atoms with E-state index < -0.39 is 66.1 Å². The summed E-state index contributed by atoms with van der Waals surface area (Å²) in [4.78, 5) is 24.9. The van der Waals surface area contributed by atoms with Gasteiger partial charge in [0, 0.05) is 0 Å². The first-order valence-corrected chi connectivity index (χ1v) is 17.4. The molecular formula is C32H34Cl2N2O12P2-2. The Labute approximate surface area is 301 Å². The SMILES string of the molecule is NC(COP(=O)(Oc1ccccc1)Oc1ccccc1)C(=O)OCCOC(=O)C(N)COP(=O)(Oc1ccccc1)Oc1ccccc1.[Cl-].[Cl-]. The fraction of sp³-hybridized carbons (Fsp3) is 0.188. The van der Waals surface area contributed by atoms with Gasteiger partial charge in [-0.05, 0) is 48.5 Å². The summed E-state index contributed by atoms with van der Waals surface area (Å²) in [5, 5.41) is 0. The molecule has 0 saturated carbocycles. The van der Waals surface area contributed by atoms with Gasteiger partial charge in [-0.15, -0.1) is 0 Å². The molecule has 4 aromatic rings. The average Bonchev–Trinajstić information content (AvgIpc) is 3.09. The lowest BCUT2D eigenvalue weighted by Crippen LogP contribution is -3.00. The third-order valence-corrected chi connectivity index (χ3v) is 8.51. The number of ether oxygens (including phenoxy) is 2. The summed E-state index contributed by atoms with van der Waals surface area (Å²) in [7, 11) is -8.58. The van der Waals surface area contributed by atoms with Gasteiger partial charge in [0.1, 0.15) is 48.3 Å². The molecule has 270 valence electrons. The Morgan fingerprint density at radius 3 is 0.960 bits per heavy atom. The van der Waals surface area contributed by atoms with E-state index in [1.807, 2.05) is 0 Å². The number of hydrogen-bond acceptors (Lipinski definition) is 14. The summed E-state index contributed by atoms with van der Waals surface area (Å²) < 4.78 is 69.4. The van der Waals surface area contributed by atoms with Gasteiger partial charge in [-0.1, -0.05) is 72.8 Å². The van der Waals surface area contributed by atoms with E-state index in [-0.39, 0.29) is 47.8 Å². The quantitative estimate of drug-likeness (QED) is 0.0691. The minimum Gasteiger partial charge on any atom is -1.00 e. The monoisotopic (exact) mass is 770 g/mol. The van der Waals surface area contributed by atoms with E-state index in [2.05, 4.69) is 0 Å². The number of phosphoric ester groups is 2. The van der Waals surface area contributed by atoms with Crippen LogP contribution in [0.25, 0.3) is 0 Å². The van der Waals surface area contributed by atoms with Crippen LogP contribution in [0.1, 0.15) is 0 Å². The van der Waals surface area contributed by atoms with Crippen molar-refractivity contribution in [1.29, 1.82) is 0 Å². The maximum Gasteiger partial charge on any atom is 0.587 e. The van der Waals surface area contributed by atoms with Crippen molar-refractivity contribution in [2.45, 2.75) is 12.1 Å². The van der Waals surface area contributed by atoms with Crippen molar-refractivity contribution in [2.24, 2.45) is 11.5 Å². The van der Waals surface area contributed by atoms with Crippen LogP contribution >= 0.6 is 15.6 Å². The Kier molecular flexibility index (Phi) is 17.8. The molecule has 50 heavy (non-hydrogen) atoms. The van der Waals surface area contributed by atoms with Gasteiger partial charge >= 0.3 is 27.6 Å². The van der Waals surface area contributed by atoms with Gasteiger partial charge in [0.15, 0.2) is 0 Å². The number of benzene rings is 4. The van der Waals surface area contributed by atoms with Crippen molar-refractivity contribution in [3.05, 3.63) is 121 Å². The van der Waals surface area contributed by atoms with E-state index in [1.165, 1.54) is 0 Å². The molecule has 0 spiro atoms. The number of halogens is 2. The number of nitrogens with two attached hydrogens (primary N) is 2. The number of phosphoric acid groups is 2. The second-order valence-electron chi connectivity index (χ2n) is 9.65. The zero-order chi connectivity index (χ0) is 34.2. The summed E-state index contributed by atoms with van der Waals surface area (Å²) >= 11 is 0. The number of carbonyl (C=O) groups is 2. The van der Waals surface area contributed by atoms with Gasteiger partial charge in [-0.25, -0.2) is 9.13 Å². The Bertz CT molecular complexity index is 1460. The molecule has 0 heterocycles. The van der Waals surface area contributed by atoms with Crippen LogP contribution in [-0.2, 0) is 37.2 Å². The highest BCUT2D eigenvalue weighted by molar-refractivity contribution is 7.49. The lowest BCUT2D eigenvalue weighted by Gasteiger charge is -2.21. The predicted octanol–water partition coefficient (Wildman–Crippen LogP) is -0.699. The van der Waals surface area contributed by atoms with Crippen LogP contribution in [0.5, 0.6) is 23.0 Å². The van der Waals surface area contributed by atoms with Crippen molar-refractivity contribution in [3.63, 3.8) is 0 Å². The fourth-order valence-corrected chi connectivity index (χ4v) is 6.05. The van der Waals surface area contributed by atoms with Gasteiger partial charge in [-0.3, -0.25) is 18.6 Å². The molecule has 18 heteroatoms. The van der Waals surface area contributed by atoms with Crippen LogP contribution in [0.4, 0.5) is 0 Å². The van der Waals surface area contributed by atoms with E-state index in [1.54, 1.807) is 121 Å². The highest BCUT2D eigenvalue weighted by atomic mass is 35.5. The molecule has 2 atom stereocenters. The van der Waals surface area contributed by atoms with E-state index in [0.717, 1.165) is 0 Å². The van der Waals surface area contributed by atoms with E-state index in [0.29, 0.717) is 0 Å². The molecule has 0 radical (unpaired) electrons. The first-order valence-electron chi connectivity index (χ1n) is 14.5. The maximum atomic E-state index is 13.4. The highest BCUT2D eigenvalue weighted by Crippen LogP contribution is 2.50. The van der Waals surface area contributed by atoms with Crippen LogP contribution in [0.3, 0.4) is 0 Å². The van der Waals surface area contributed by atoms with Crippen LogP contribution in [0.15, 0.2) is 121 Å². The van der Waals surface area contributed by atoms with Crippen LogP contribution in [-0.4, -0.2) is 50.4 Å². The molecule has 0 aromatic heterocycles. The Morgan fingerprint density at radius 2 is 0.720 bits per heavy atom. The first-order chi connectivity index (χ1) is 23.1. The molecule has 4 rings (SSSR count). The van der Waals surface area contributed by atoms with E-state index in [4.69, 9.17) is 48.1 Å². The van der Waals surface area contributed by atoms with Crippen LogP contribution < -0.4 is 54.4 Å². The Hall–Kier alpha value is -4.10. The van der Waals surface area contributed by atoms with Crippen molar-refractivity contribution >= 4 is 27.6 Å². The van der Waals surface area contributed by atoms with Gasteiger partial charge in [-0.2, -0.15) is 0 Å². The molecule has 0 aliphatic heterocycles. The number of carbonyl (C=O) groups excluding carboxylic acids is 2. The van der Waals surface area contributed by atoms with Gasteiger partial charge in [0.2, 0.25) is 0 Å². The minimum absolute atomic E-state index is 0. The topological polar surface area (TPSA) is 194 Å². The molecule has 0 saturated heterocycles. The van der Waals surface area contributed by atoms with Crippen molar-refractivity contribution < 1.29 is 80.1 Å². The zero-order valence-corrected chi connectivity index (χ0v) is 29.5. The van der Waals surface area contributed by atoms with Gasteiger partial charge in [0.25, 0.3) is 0 Å². The number of esters is 2. The molecular weight excluding hydrogens is 737 g/mol. The van der Waals surface area contributed by atoms with Crippen LogP contribution in [0.2, 0.25) is 0 Å². The average molecular weight is 771 g/mol. The highest BCUT2D eigenvalue weighted by Gasteiger charge is 2.34. The molecule has 0 amide bonds. The molecule has 4 aromatic carbocycles. The Balaban J connectivity index is 0.00000433. The summed E-state index contributed by atoms with van der Waals surface area (Å²) in [5.74, 6) is -1.08. The minimum atomic E-state index is -4.29. The van der Waals surface area contributed by atoms with E-state index >= 15 is 0 Å². The van der Waals surface area contributed by atoms with Crippen molar-refractivity contribution in [1.82, 2.24) is 0 Å². The second-order valence-corrected chi connectivity index (χ2v) is 12.7. The summed E-state index contributed by atoms with van der Waals surface area (Å²) in [6.45, 7) is -1.96. The fourth-order valence-electron chi connectivity index (χ4n) is 3.56. The molecule has 2 unspecified atom stereocenters. The Morgan fingerprint density at radius 1 is 0.480 bits per heavy atom. The third-order valence-electron chi connectivity index (χ3n) is 5.84. The molecule has 14 nitrogen and oxygen atoms in total. The number of hydrogen-bond donors (Lipinski definition) is 2. The number of para-hydroxylation sites is 4. The maximum absolute atomic E-state index is 13.4. The first kappa shape index (κ1) is 42.1. The van der Waals surface area contributed by atoms with Crippen molar-refractivity contribution in [2.75, 3.05) is 26.4 Å². The normalized spacial score (nSPS) is 12.1. The van der Waals surface area contributed by atoms with Gasteiger partial charge < -0.3 is 63.9 Å². The molecule has 0 aliphatic rings. The molecule has 0 fully saturated rings. The largest absolute Gasteiger partial charge is 1.00 e. The second kappa shape index (κ2) is 21.2. The smallest absolute Gasteiger partial charge is 0.587 e.